The van der Waals surface area contributed by atoms with Crippen LogP contribution in [-0.4, -0.2) is 45.8 Å². The number of amides is 1. The highest BCUT2D eigenvalue weighted by molar-refractivity contribution is 5.87. The van der Waals surface area contributed by atoms with Crippen LogP contribution in [0.2, 0.25) is 0 Å². The maximum absolute atomic E-state index is 11.9. The van der Waals surface area contributed by atoms with Crippen molar-refractivity contribution in [3.63, 3.8) is 0 Å². The Balaban J connectivity index is 2.73. The van der Waals surface area contributed by atoms with Gasteiger partial charge < -0.3 is 32.1 Å². The van der Waals surface area contributed by atoms with Crippen LogP contribution in [0.4, 0.5) is 0 Å². The molecule has 8 heteroatoms. The third-order valence-electron chi connectivity index (χ3n) is 3.16. The zero-order valence-electron chi connectivity index (χ0n) is 12.0. The molecule has 0 fully saturated rings. The molecule has 1 aromatic rings. The van der Waals surface area contributed by atoms with Crippen LogP contribution in [0.3, 0.4) is 0 Å². The third kappa shape index (κ3) is 5.23. The molecule has 0 aliphatic rings. The Kier molecular flexibility index (Phi) is 6.61. The first kappa shape index (κ1) is 17.7. The van der Waals surface area contributed by atoms with Crippen LogP contribution in [0.15, 0.2) is 18.2 Å². The average molecular weight is 311 g/mol. The van der Waals surface area contributed by atoms with E-state index in [0.29, 0.717) is 24.9 Å². The smallest absolute Gasteiger partial charge is 0.326 e. The molecule has 0 aliphatic carbocycles. The van der Waals surface area contributed by atoms with E-state index in [1.165, 1.54) is 12.1 Å². The lowest BCUT2D eigenvalue weighted by Gasteiger charge is -2.18. The number of aromatic hydroxyl groups is 2. The van der Waals surface area contributed by atoms with Crippen LogP contribution in [-0.2, 0) is 16.0 Å². The highest BCUT2D eigenvalue weighted by Crippen LogP contribution is 2.23. The van der Waals surface area contributed by atoms with Gasteiger partial charge in [-0.25, -0.2) is 4.79 Å². The number of carbonyl (C=O) groups is 2. The number of rotatable bonds is 8. The monoisotopic (exact) mass is 311 g/mol. The predicted molar refractivity (Wildman–Crippen MR) is 79.3 cm³/mol. The average Bonchev–Trinajstić information content (AvgIpc) is 2.46. The van der Waals surface area contributed by atoms with Gasteiger partial charge in [-0.1, -0.05) is 6.07 Å². The van der Waals surface area contributed by atoms with E-state index in [9.17, 15) is 24.9 Å². The molecule has 0 heterocycles. The van der Waals surface area contributed by atoms with Gasteiger partial charge in [0.25, 0.3) is 0 Å². The van der Waals surface area contributed by atoms with Gasteiger partial charge in [-0.2, -0.15) is 0 Å². The van der Waals surface area contributed by atoms with Crippen molar-refractivity contribution in [3.8, 4) is 11.5 Å². The summed E-state index contributed by atoms with van der Waals surface area (Å²) in [5.41, 5.74) is 11.3. The summed E-state index contributed by atoms with van der Waals surface area (Å²) < 4.78 is 0. The van der Waals surface area contributed by atoms with Crippen molar-refractivity contribution in [2.24, 2.45) is 11.5 Å². The molecule has 8 nitrogen and oxygen atoms in total. The van der Waals surface area contributed by atoms with Crippen LogP contribution in [0, 0.1) is 0 Å². The summed E-state index contributed by atoms with van der Waals surface area (Å²) in [6.45, 7) is 0.394. The number of aliphatic carboxylic acids is 1. The summed E-state index contributed by atoms with van der Waals surface area (Å²) in [6.07, 6.45) is 0.793. The molecule has 0 aromatic heterocycles. The fraction of sp³-hybridized carbons (Fsp3) is 0.429. The highest BCUT2D eigenvalue weighted by atomic mass is 16.4. The fourth-order valence-corrected chi connectivity index (χ4v) is 1.89. The zero-order valence-corrected chi connectivity index (χ0v) is 12.0. The molecule has 8 N–H and O–H groups in total. The largest absolute Gasteiger partial charge is 0.508 e. The van der Waals surface area contributed by atoms with Gasteiger partial charge >= 0.3 is 5.97 Å². The van der Waals surface area contributed by atoms with Crippen molar-refractivity contribution < 1.29 is 24.9 Å². The number of hydrogen-bond donors (Lipinski definition) is 6. The van der Waals surface area contributed by atoms with Crippen molar-refractivity contribution >= 4 is 11.9 Å². The number of benzene rings is 1. The van der Waals surface area contributed by atoms with Crippen molar-refractivity contribution in [2.75, 3.05) is 6.54 Å². The van der Waals surface area contributed by atoms with E-state index in [1.807, 2.05) is 0 Å². The number of phenols is 2. The van der Waals surface area contributed by atoms with Gasteiger partial charge in [0, 0.05) is 12.5 Å². The molecule has 1 amide bonds. The molecule has 2 atom stereocenters. The van der Waals surface area contributed by atoms with Crippen molar-refractivity contribution in [1.29, 1.82) is 0 Å². The molecule has 0 saturated carbocycles. The first-order valence-corrected chi connectivity index (χ1v) is 6.84. The van der Waals surface area contributed by atoms with Crippen molar-refractivity contribution in [1.82, 2.24) is 5.32 Å². The summed E-state index contributed by atoms with van der Waals surface area (Å²) >= 11 is 0. The Morgan fingerprint density at radius 3 is 2.50 bits per heavy atom. The van der Waals surface area contributed by atoms with E-state index in [4.69, 9.17) is 11.5 Å². The van der Waals surface area contributed by atoms with Crippen molar-refractivity contribution in [2.45, 2.75) is 31.3 Å². The first-order valence-electron chi connectivity index (χ1n) is 6.84. The summed E-state index contributed by atoms with van der Waals surface area (Å²) in [6, 6.07) is 1.75. The van der Waals surface area contributed by atoms with E-state index >= 15 is 0 Å². The first-order chi connectivity index (χ1) is 10.3. The second kappa shape index (κ2) is 8.20. The Labute approximate surface area is 127 Å². The molecule has 0 saturated heterocycles. The lowest BCUT2D eigenvalue weighted by atomic mass is 10.0. The Hall–Kier alpha value is -2.32. The summed E-state index contributed by atoms with van der Waals surface area (Å²) in [5, 5.41) is 30.4. The van der Waals surface area contributed by atoms with Gasteiger partial charge in [0.1, 0.15) is 17.5 Å². The summed E-state index contributed by atoms with van der Waals surface area (Å²) in [4.78, 5) is 23.1. The molecule has 0 aliphatic heterocycles. The van der Waals surface area contributed by atoms with E-state index < -0.39 is 24.0 Å². The summed E-state index contributed by atoms with van der Waals surface area (Å²) in [7, 11) is 0. The maximum atomic E-state index is 11.9. The lowest BCUT2D eigenvalue weighted by Crippen LogP contribution is -2.49. The third-order valence-corrected chi connectivity index (χ3v) is 3.16. The quantitative estimate of drug-likeness (QED) is 0.369. The Morgan fingerprint density at radius 2 is 1.95 bits per heavy atom. The normalized spacial score (nSPS) is 13.4. The minimum Gasteiger partial charge on any atom is -0.508 e. The minimum atomic E-state index is -1.24. The number of carbonyl (C=O) groups excluding carboxylic acids is 1. The second-order valence-corrected chi connectivity index (χ2v) is 4.95. The molecule has 122 valence electrons. The SMILES string of the molecule is NCCC[C@@H](N)C(=O)N[C@@H](Cc1ccc(O)cc1O)C(=O)O. The maximum Gasteiger partial charge on any atom is 0.326 e. The molecule has 0 radical (unpaired) electrons. The highest BCUT2D eigenvalue weighted by Gasteiger charge is 2.24. The van der Waals surface area contributed by atoms with Crippen molar-refractivity contribution in [3.05, 3.63) is 23.8 Å². The lowest BCUT2D eigenvalue weighted by molar-refractivity contribution is -0.142. The fourth-order valence-electron chi connectivity index (χ4n) is 1.89. The van der Waals surface area contributed by atoms with E-state index in [1.54, 1.807) is 0 Å². The topological polar surface area (TPSA) is 159 Å². The molecule has 1 rings (SSSR count). The van der Waals surface area contributed by atoms with Crippen LogP contribution in [0.25, 0.3) is 0 Å². The van der Waals surface area contributed by atoms with Gasteiger partial charge in [-0.3, -0.25) is 4.79 Å². The number of hydrogen-bond acceptors (Lipinski definition) is 6. The van der Waals surface area contributed by atoms with Gasteiger partial charge in [-0.05, 0) is 31.0 Å². The van der Waals surface area contributed by atoms with Crippen LogP contribution >= 0.6 is 0 Å². The van der Waals surface area contributed by atoms with E-state index in [2.05, 4.69) is 5.32 Å². The zero-order chi connectivity index (χ0) is 16.7. The van der Waals surface area contributed by atoms with E-state index in [-0.39, 0.29) is 17.9 Å². The van der Waals surface area contributed by atoms with Gasteiger partial charge in [-0.15, -0.1) is 0 Å². The molecular weight excluding hydrogens is 290 g/mol. The minimum absolute atomic E-state index is 0.128. The van der Waals surface area contributed by atoms with E-state index in [0.717, 1.165) is 6.07 Å². The molecule has 1 aromatic carbocycles. The number of carboxylic acid groups (broad SMARTS) is 1. The standard InChI is InChI=1S/C14H21N3O5/c15-5-1-2-10(16)13(20)17-11(14(21)22)6-8-3-4-9(18)7-12(8)19/h3-4,7,10-11,18-19H,1-2,5-6,15-16H2,(H,17,20)(H,21,22)/t10-,11+/m1/s1. The van der Waals surface area contributed by atoms with Gasteiger partial charge in [0.15, 0.2) is 0 Å². The predicted octanol–water partition coefficient (Wildman–Crippen LogP) is -0.724. The molecule has 0 bridgehead atoms. The molecule has 0 unspecified atom stereocenters. The second-order valence-electron chi connectivity index (χ2n) is 4.95. The van der Waals surface area contributed by atoms with Crippen LogP contribution in [0.5, 0.6) is 11.5 Å². The molecular formula is C14H21N3O5. The Morgan fingerprint density at radius 1 is 1.27 bits per heavy atom. The number of phenolic OH excluding ortho intramolecular Hbond substituents is 2. The number of carboxylic acids is 1. The van der Waals surface area contributed by atoms with Gasteiger partial charge in [0.05, 0.1) is 6.04 Å². The number of nitrogens with one attached hydrogen (secondary N) is 1. The van der Waals surface area contributed by atoms with Crippen LogP contribution in [0.1, 0.15) is 18.4 Å². The molecule has 22 heavy (non-hydrogen) atoms. The molecule has 0 spiro atoms. The van der Waals surface area contributed by atoms with Crippen LogP contribution < -0.4 is 16.8 Å². The summed E-state index contributed by atoms with van der Waals surface area (Å²) in [5.74, 6) is -2.21. The number of nitrogens with two attached hydrogens (primary N) is 2. The Bertz CT molecular complexity index is 535. The van der Waals surface area contributed by atoms with Gasteiger partial charge in [0.2, 0.25) is 5.91 Å².